The summed E-state index contributed by atoms with van der Waals surface area (Å²) < 4.78 is 15.4. The number of aliphatic hydroxyl groups excluding tert-OH is 1. The van der Waals surface area contributed by atoms with E-state index in [1.807, 2.05) is 18.4 Å². The topological polar surface area (TPSA) is 38.0 Å². The number of hydrogen-bond acceptors (Lipinski definition) is 2. The van der Waals surface area contributed by atoms with Crippen molar-refractivity contribution in [1.82, 2.24) is 9.55 Å². The lowest BCUT2D eigenvalue weighted by Gasteiger charge is -2.16. The molecule has 0 aliphatic rings. The monoisotopic (exact) mass is 248 g/mol. The number of imidazole rings is 1. The molecule has 1 unspecified atom stereocenters. The van der Waals surface area contributed by atoms with Crippen LogP contribution in [0, 0.1) is 5.82 Å². The average molecular weight is 248 g/mol. The van der Waals surface area contributed by atoms with Crippen LogP contribution in [0.3, 0.4) is 0 Å². The van der Waals surface area contributed by atoms with Crippen LogP contribution in [0.1, 0.15) is 37.3 Å². The highest BCUT2D eigenvalue weighted by molar-refractivity contribution is 5.20. The Labute approximate surface area is 106 Å². The second-order valence-corrected chi connectivity index (χ2v) is 4.63. The van der Waals surface area contributed by atoms with Gasteiger partial charge in [-0.05, 0) is 25.5 Å². The highest BCUT2D eigenvalue weighted by Crippen LogP contribution is 2.22. The number of benzene rings is 1. The summed E-state index contributed by atoms with van der Waals surface area (Å²) in [4.78, 5) is 4.04. The molecule has 0 aliphatic heterocycles. The molecular formula is C14H17FN2O. The number of hydrogen-bond donors (Lipinski definition) is 1. The second-order valence-electron chi connectivity index (χ2n) is 4.63. The normalized spacial score (nSPS) is 12.9. The molecule has 18 heavy (non-hydrogen) atoms. The molecule has 0 saturated carbocycles. The van der Waals surface area contributed by atoms with Crippen LogP contribution in [0.2, 0.25) is 0 Å². The summed E-state index contributed by atoms with van der Waals surface area (Å²) in [5.74, 6) is -0.285. The molecular weight excluding hydrogens is 231 g/mol. The number of nitrogens with zero attached hydrogens (tertiary/aromatic N) is 2. The minimum absolute atomic E-state index is 0.220. The van der Waals surface area contributed by atoms with Gasteiger partial charge < -0.3 is 9.67 Å². The van der Waals surface area contributed by atoms with E-state index in [4.69, 9.17) is 0 Å². The van der Waals surface area contributed by atoms with Crippen LogP contribution in [0.5, 0.6) is 0 Å². The molecule has 96 valence electrons. The van der Waals surface area contributed by atoms with E-state index in [0.29, 0.717) is 11.3 Å². The van der Waals surface area contributed by atoms with E-state index >= 15 is 0 Å². The zero-order valence-corrected chi connectivity index (χ0v) is 10.5. The van der Waals surface area contributed by atoms with Crippen LogP contribution in [-0.4, -0.2) is 14.7 Å². The molecule has 4 heteroatoms. The molecule has 2 aromatic rings. The Hall–Kier alpha value is -1.68. The lowest BCUT2D eigenvalue weighted by Crippen LogP contribution is -2.11. The first kappa shape index (κ1) is 12.8. The molecule has 0 bridgehead atoms. The molecule has 1 N–H and O–H groups in total. The van der Waals surface area contributed by atoms with Gasteiger partial charge in [0.15, 0.2) is 0 Å². The number of rotatable bonds is 4. The molecule has 0 saturated heterocycles. The van der Waals surface area contributed by atoms with E-state index < -0.39 is 6.10 Å². The third-order valence-corrected chi connectivity index (χ3v) is 2.96. The van der Waals surface area contributed by atoms with Crippen LogP contribution in [0.15, 0.2) is 36.8 Å². The molecule has 0 aliphatic carbocycles. The summed E-state index contributed by atoms with van der Waals surface area (Å²) in [7, 11) is 0. The summed E-state index contributed by atoms with van der Waals surface area (Å²) in [6.07, 6.45) is 2.83. The van der Waals surface area contributed by atoms with Gasteiger partial charge in [-0.1, -0.05) is 18.2 Å². The van der Waals surface area contributed by atoms with E-state index in [-0.39, 0.29) is 18.3 Å². The first-order valence-corrected chi connectivity index (χ1v) is 6.02. The smallest absolute Gasteiger partial charge is 0.126 e. The van der Waals surface area contributed by atoms with Crippen molar-refractivity contribution >= 4 is 0 Å². The number of aliphatic hydroxyl groups is 1. The largest absolute Gasteiger partial charge is 0.386 e. The molecule has 0 fully saturated rings. The lowest BCUT2D eigenvalue weighted by atomic mass is 10.1. The van der Waals surface area contributed by atoms with Crippen molar-refractivity contribution in [1.29, 1.82) is 0 Å². The summed E-state index contributed by atoms with van der Waals surface area (Å²) in [6.45, 7) is 4.03. The fourth-order valence-corrected chi connectivity index (χ4v) is 1.98. The van der Waals surface area contributed by atoms with E-state index in [2.05, 4.69) is 4.98 Å². The average Bonchev–Trinajstić information content (AvgIpc) is 2.81. The Kier molecular flexibility index (Phi) is 3.77. The lowest BCUT2D eigenvalue weighted by molar-refractivity contribution is 0.166. The summed E-state index contributed by atoms with van der Waals surface area (Å²) >= 11 is 0. The standard InChI is InChI=1S/C14H17FN2O/c1-10(2)17-9-16-8-13(17)14(18)7-11-5-3-4-6-12(11)15/h3-6,8-10,14,18H,7H2,1-2H3. The zero-order chi connectivity index (χ0) is 13.1. The van der Waals surface area contributed by atoms with Gasteiger partial charge in [-0.25, -0.2) is 9.37 Å². The summed E-state index contributed by atoms with van der Waals surface area (Å²) in [6, 6.07) is 6.73. The van der Waals surface area contributed by atoms with Gasteiger partial charge in [0.25, 0.3) is 0 Å². The number of aromatic nitrogens is 2. The molecule has 1 atom stereocenters. The van der Waals surface area contributed by atoms with Crippen molar-refractivity contribution in [3.63, 3.8) is 0 Å². The Morgan fingerprint density at radius 3 is 2.72 bits per heavy atom. The van der Waals surface area contributed by atoms with Gasteiger partial charge in [0.05, 0.1) is 24.3 Å². The predicted octanol–water partition coefficient (Wildman–Crippen LogP) is 2.88. The van der Waals surface area contributed by atoms with Crippen molar-refractivity contribution < 1.29 is 9.50 Å². The maximum Gasteiger partial charge on any atom is 0.126 e. The molecule has 0 radical (unpaired) electrons. The highest BCUT2D eigenvalue weighted by atomic mass is 19.1. The van der Waals surface area contributed by atoms with Crippen molar-refractivity contribution in [3.05, 3.63) is 53.9 Å². The van der Waals surface area contributed by atoms with Gasteiger partial charge in [-0.3, -0.25) is 0 Å². The van der Waals surface area contributed by atoms with Crippen molar-refractivity contribution in [2.45, 2.75) is 32.4 Å². The van der Waals surface area contributed by atoms with Crippen molar-refractivity contribution in [2.75, 3.05) is 0 Å². The molecule has 1 heterocycles. The molecule has 1 aromatic carbocycles. The molecule has 1 aromatic heterocycles. The van der Waals surface area contributed by atoms with Gasteiger partial charge in [0.2, 0.25) is 0 Å². The Balaban J connectivity index is 2.20. The minimum atomic E-state index is -0.744. The van der Waals surface area contributed by atoms with Gasteiger partial charge >= 0.3 is 0 Å². The molecule has 2 rings (SSSR count). The van der Waals surface area contributed by atoms with Gasteiger partial charge in [-0.15, -0.1) is 0 Å². The van der Waals surface area contributed by atoms with Gasteiger partial charge in [0, 0.05) is 12.5 Å². The quantitative estimate of drug-likeness (QED) is 0.903. The first-order valence-electron chi connectivity index (χ1n) is 6.02. The van der Waals surface area contributed by atoms with E-state index in [0.717, 1.165) is 0 Å². The van der Waals surface area contributed by atoms with Crippen LogP contribution in [0.4, 0.5) is 4.39 Å². The SMILES string of the molecule is CC(C)n1cncc1C(O)Cc1ccccc1F. The van der Waals surface area contributed by atoms with Crippen LogP contribution in [0.25, 0.3) is 0 Å². The van der Waals surface area contributed by atoms with Gasteiger partial charge in [-0.2, -0.15) is 0 Å². The number of halogens is 1. The third-order valence-electron chi connectivity index (χ3n) is 2.96. The van der Waals surface area contributed by atoms with Crippen molar-refractivity contribution in [2.24, 2.45) is 0 Å². The van der Waals surface area contributed by atoms with E-state index in [9.17, 15) is 9.50 Å². The Morgan fingerprint density at radius 2 is 2.06 bits per heavy atom. The summed E-state index contributed by atoms with van der Waals surface area (Å²) in [5, 5.41) is 10.2. The third kappa shape index (κ3) is 2.59. The Morgan fingerprint density at radius 1 is 1.33 bits per heavy atom. The van der Waals surface area contributed by atoms with E-state index in [1.54, 1.807) is 30.7 Å². The van der Waals surface area contributed by atoms with Crippen LogP contribution in [-0.2, 0) is 6.42 Å². The highest BCUT2D eigenvalue weighted by Gasteiger charge is 2.16. The molecule has 0 spiro atoms. The zero-order valence-electron chi connectivity index (χ0n) is 10.5. The summed E-state index contributed by atoms with van der Waals surface area (Å²) in [5.41, 5.74) is 1.23. The fraction of sp³-hybridized carbons (Fsp3) is 0.357. The second kappa shape index (κ2) is 5.31. The Bertz CT molecular complexity index is 522. The van der Waals surface area contributed by atoms with Crippen LogP contribution < -0.4 is 0 Å². The predicted molar refractivity (Wildman–Crippen MR) is 67.7 cm³/mol. The van der Waals surface area contributed by atoms with Crippen LogP contribution >= 0.6 is 0 Å². The molecule has 3 nitrogen and oxygen atoms in total. The van der Waals surface area contributed by atoms with Gasteiger partial charge in [0.1, 0.15) is 5.82 Å². The minimum Gasteiger partial charge on any atom is -0.386 e. The fourth-order valence-electron chi connectivity index (χ4n) is 1.98. The maximum absolute atomic E-state index is 13.5. The molecule has 0 amide bonds. The van der Waals surface area contributed by atoms with E-state index in [1.165, 1.54) is 6.07 Å². The first-order chi connectivity index (χ1) is 8.59. The maximum atomic E-state index is 13.5. The van der Waals surface area contributed by atoms with Crippen molar-refractivity contribution in [3.8, 4) is 0 Å².